The second-order valence-electron chi connectivity index (χ2n) is 11.7. The summed E-state index contributed by atoms with van der Waals surface area (Å²) < 4.78 is 7.31. The van der Waals surface area contributed by atoms with Gasteiger partial charge in [0.05, 0.1) is 12.5 Å². The van der Waals surface area contributed by atoms with Gasteiger partial charge < -0.3 is 14.1 Å². The van der Waals surface area contributed by atoms with Crippen LogP contribution in [0.3, 0.4) is 0 Å². The molecule has 39 heavy (non-hydrogen) atoms. The molecule has 0 bridgehead atoms. The van der Waals surface area contributed by atoms with Crippen LogP contribution in [0.25, 0.3) is 11.0 Å². The first kappa shape index (κ1) is 29.8. The molecule has 0 aliphatic heterocycles. The number of esters is 1. The molecule has 0 unspecified atom stereocenters. The van der Waals surface area contributed by atoms with Crippen molar-refractivity contribution in [2.45, 2.75) is 78.9 Å². The van der Waals surface area contributed by atoms with E-state index >= 15 is 0 Å². The highest BCUT2D eigenvalue weighted by molar-refractivity contribution is 6.82. The van der Waals surface area contributed by atoms with Crippen molar-refractivity contribution in [2.75, 3.05) is 12.4 Å². The number of aromatic nitrogens is 4. The summed E-state index contributed by atoms with van der Waals surface area (Å²) in [5, 5.41) is 13.4. The van der Waals surface area contributed by atoms with Crippen LogP contribution in [0.5, 0.6) is 5.88 Å². The van der Waals surface area contributed by atoms with E-state index in [0.29, 0.717) is 38.8 Å². The van der Waals surface area contributed by atoms with Gasteiger partial charge in [0.25, 0.3) is 0 Å². The second kappa shape index (κ2) is 11.2. The van der Waals surface area contributed by atoms with E-state index in [1.807, 2.05) is 6.20 Å². The van der Waals surface area contributed by atoms with Gasteiger partial charge in [-0.15, -0.1) is 0 Å². The van der Waals surface area contributed by atoms with Gasteiger partial charge in [0, 0.05) is 28.9 Å². The minimum atomic E-state index is -2.23. The Kier molecular flexibility index (Phi) is 8.56. The van der Waals surface area contributed by atoms with E-state index in [0.717, 1.165) is 0 Å². The maximum atomic E-state index is 12.8. The SMILES string of the molecule is COC(=O)c1cc(C#Cc2cnc3nc(NC(=O)C(C)(C)C)nc(O)c3c2)cn1[Si](C(C)C)(C(C)C)C(C)C. The maximum absolute atomic E-state index is 12.8. The normalized spacial score (nSPS) is 12.1. The number of rotatable bonds is 6. The molecule has 208 valence electrons. The number of pyridine rings is 1. The first-order valence-electron chi connectivity index (χ1n) is 13.1. The fourth-order valence-corrected chi connectivity index (χ4v) is 12.1. The molecule has 0 atom stereocenters. The van der Waals surface area contributed by atoms with Crippen LogP contribution in [-0.4, -0.2) is 51.5 Å². The number of methoxy groups -OCH3 is 1. The monoisotopic (exact) mass is 549 g/mol. The van der Waals surface area contributed by atoms with E-state index in [1.165, 1.54) is 7.11 Å². The predicted molar refractivity (Wildman–Crippen MR) is 155 cm³/mol. The summed E-state index contributed by atoms with van der Waals surface area (Å²) >= 11 is 0. The van der Waals surface area contributed by atoms with Crippen molar-refractivity contribution in [3.8, 4) is 17.7 Å². The predicted octanol–water partition coefficient (Wildman–Crippen LogP) is 5.73. The molecule has 10 heteroatoms. The summed E-state index contributed by atoms with van der Waals surface area (Å²) in [6.07, 6.45) is 3.52. The number of nitrogens with one attached hydrogen (secondary N) is 1. The zero-order valence-corrected chi connectivity index (χ0v) is 25.5. The summed E-state index contributed by atoms with van der Waals surface area (Å²) in [5.41, 5.74) is 2.46. The molecule has 0 aliphatic rings. The van der Waals surface area contributed by atoms with Gasteiger partial charge in [0.15, 0.2) is 13.9 Å². The Hall–Kier alpha value is -3.71. The molecule has 3 aromatic heterocycles. The Labute approximate surface area is 231 Å². The van der Waals surface area contributed by atoms with Gasteiger partial charge in [-0.3, -0.25) is 10.1 Å². The van der Waals surface area contributed by atoms with Crippen molar-refractivity contribution in [1.29, 1.82) is 0 Å². The summed E-state index contributed by atoms with van der Waals surface area (Å²) in [6, 6.07) is 3.43. The average molecular weight is 550 g/mol. The van der Waals surface area contributed by atoms with E-state index < -0.39 is 13.7 Å². The molecular formula is C29H39N5O4Si. The lowest BCUT2D eigenvalue weighted by atomic mass is 9.96. The minimum Gasteiger partial charge on any atom is -0.493 e. The molecule has 1 amide bonds. The Morgan fingerprint density at radius 1 is 1.00 bits per heavy atom. The van der Waals surface area contributed by atoms with Crippen LogP contribution in [0.2, 0.25) is 16.6 Å². The molecule has 0 saturated carbocycles. The molecule has 0 aromatic carbocycles. The molecule has 2 N–H and O–H groups in total. The third kappa shape index (κ3) is 5.83. The van der Waals surface area contributed by atoms with Gasteiger partial charge in [-0.25, -0.2) is 9.78 Å². The number of anilines is 1. The van der Waals surface area contributed by atoms with Crippen molar-refractivity contribution in [1.82, 2.24) is 19.2 Å². The zero-order valence-electron chi connectivity index (χ0n) is 24.5. The molecule has 3 heterocycles. The molecule has 0 radical (unpaired) electrons. The summed E-state index contributed by atoms with van der Waals surface area (Å²) in [5.74, 6) is 5.25. The minimum absolute atomic E-state index is 0.0175. The van der Waals surface area contributed by atoms with E-state index in [4.69, 9.17) is 4.74 Å². The molecule has 0 aliphatic carbocycles. The molecule has 9 nitrogen and oxygen atoms in total. The number of carbonyl (C=O) groups excluding carboxylic acids is 2. The molecule has 3 rings (SSSR count). The highest BCUT2D eigenvalue weighted by atomic mass is 28.3. The van der Waals surface area contributed by atoms with Crippen LogP contribution < -0.4 is 5.32 Å². The van der Waals surface area contributed by atoms with Crippen LogP contribution in [0.4, 0.5) is 5.95 Å². The molecule has 0 fully saturated rings. The van der Waals surface area contributed by atoms with Crippen LogP contribution in [-0.2, 0) is 9.53 Å². The standard InChI is InChI=1S/C29H39N5O4Si/c1-17(2)39(18(3)4,19(5)6)34-16-21(14-23(34)26(36)38-10)12-11-20-13-22-24(30-15-20)31-28(32-25(22)35)33-27(37)29(7,8)9/h13-19H,1-10H3,(H2,30,31,32,33,35,37). The van der Waals surface area contributed by atoms with Gasteiger partial charge in [-0.05, 0) is 28.8 Å². The average Bonchev–Trinajstić information content (AvgIpc) is 3.25. The topological polar surface area (TPSA) is 119 Å². The van der Waals surface area contributed by atoms with Crippen molar-refractivity contribution in [3.05, 3.63) is 41.3 Å². The van der Waals surface area contributed by atoms with Crippen LogP contribution in [0.15, 0.2) is 24.5 Å². The van der Waals surface area contributed by atoms with Gasteiger partial charge in [-0.1, -0.05) is 74.2 Å². The first-order chi connectivity index (χ1) is 18.1. The Morgan fingerprint density at radius 3 is 2.13 bits per heavy atom. The number of hydrogen-bond acceptors (Lipinski definition) is 7. The number of amides is 1. The Morgan fingerprint density at radius 2 is 1.59 bits per heavy atom. The maximum Gasteiger partial charge on any atom is 0.353 e. The number of nitrogens with zero attached hydrogens (tertiary/aromatic N) is 4. The summed E-state index contributed by atoms with van der Waals surface area (Å²) in [4.78, 5) is 37.7. The van der Waals surface area contributed by atoms with Gasteiger partial charge in [-0.2, -0.15) is 9.97 Å². The van der Waals surface area contributed by atoms with Crippen LogP contribution in [0.1, 0.15) is 83.9 Å². The number of carbonyl (C=O) groups is 2. The molecule has 0 spiro atoms. The fourth-order valence-electron chi connectivity index (χ4n) is 5.50. The van der Waals surface area contributed by atoms with Crippen molar-refractivity contribution < 1.29 is 19.4 Å². The van der Waals surface area contributed by atoms with Gasteiger partial charge >= 0.3 is 5.97 Å². The third-order valence-corrected chi connectivity index (χ3v) is 13.9. The molecule has 3 aromatic rings. The summed E-state index contributed by atoms with van der Waals surface area (Å²) in [7, 11) is -0.839. The quantitative estimate of drug-likeness (QED) is 0.229. The Balaban J connectivity index is 2.05. The van der Waals surface area contributed by atoms with Crippen molar-refractivity contribution in [3.63, 3.8) is 0 Å². The smallest absolute Gasteiger partial charge is 0.353 e. The van der Waals surface area contributed by atoms with Crippen molar-refractivity contribution in [2.24, 2.45) is 5.41 Å². The number of ether oxygens (including phenoxy) is 1. The lowest BCUT2D eigenvalue weighted by Crippen LogP contribution is -2.52. The molecular weight excluding hydrogens is 510 g/mol. The zero-order chi connectivity index (χ0) is 29.3. The first-order valence-corrected chi connectivity index (χ1v) is 15.3. The number of aromatic hydroxyl groups is 1. The highest BCUT2D eigenvalue weighted by Gasteiger charge is 2.47. The van der Waals surface area contributed by atoms with Crippen LogP contribution in [0, 0.1) is 17.3 Å². The largest absolute Gasteiger partial charge is 0.493 e. The number of hydrogen-bond donors (Lipinski definition) is 2. The Bertz CT molecular complexity index is 1440. The van der Waals surface area contributed by atoms with E-state index in [-0.39, 0.29) is 29.4 Å². The van der Waals surface area contributed by atoms with E-state index in [9.17, 15) is 14.7 Å². The fraction of sp³-hybridized carbons (Fsp3) is 0.483. The third-order valence-electron chi connectivity index (χ3n) is 7.20. The van der Waals surface area contributed by atoms with E-state index in [1.54, 1.807) is 39.1 Å². The van der Waals surface area contributed by atoms with E-state index in [2.05, 4.69) is 77.9 Å². The second-order valence-corrected chi connectivity index (χ2v) is 17.5. The summed E-state index contributed by atoms with van der Waals surface area (Å²) in [6.45, 7) is 18.7. The lowest BCUT2D eigenvalue weighted by molar-refractivity contribution is -0.123. The number of fused-ring (bicyclic) bond motifs is 1. The van der Waals surface area contributed by atoms with Crippen LogP contribution >= 0.6 is 0 Å². The molecule has 0 saturated heterocycles. The van der Waals surface area contributed by atoms with Crippen molar-refractivity contribution >= 4 is 37.1 Å². The van der Waals surface area contributed by atoms with Gasteiger partial charge in [0.2, 0.25) is 17.7 Å². The highest BCUT2D eigenvalue weighted by Crippen LogP contribution is 2.43. The van der Waals surface area contributed by atoms with Gasteiger partial charge in [0.1, 0.15) is 5.69 Å². The lowest BCUT2D eigenvalue weighted by Gasteiger charge is -2.44.